The zero-order chi connectivity index (χ0) is 10.5. The van der Waals surface area contributed by atoms with E-state index in [4.69, 9.17) is 0 Å². The van der Waals surface area contributed by atoms with Crippen LogP contribution in [0.25, 0.3) is 5.70 Å². The van der Waals surface area contributed by atoms with Crippen molar-refractivity contribution in [2.45, 2.75) is 19.3 Å². The highest BCUT2D eigenvalue weighted by Gasteiger charge is 2.14. The van der Waals surface area contributed by atoms with Gasteiger partial charge in [0.2, 0.25) is 0 Å². The molecule has 2 nitrogen and oxygen atoms in total. The van der Waals surface area contributed by atoms with E-state index in [1.807, 2.05) is 30.3 Å². The normalized spacial score (nSPS) is 17.9. The van der Waals surface area contributed by atoms with Gasteiger partial charge in [0.1, 0.15) is 6.26 Å². The zero-order valence-electron chi connectivity index (χ0n) is 8.89. The third-order valence-corrected chi connectivity index (χ3v) is 2.89. The minimum absolute atomic E-state index is 0.954. The van der Waals surface area contributed by atoms with Crippen molar-refractivity contribution in [2.24, 2.45) is 0 Å². The van der Waals surface area contributed by atoms with Gasteiger partial charge in [-0.05, 0) is 19.3 Å². The summed E-state index contributed by atoms with van der Waals surface area (Å²) in [6.07, 6.45) is 5.00. The molecular formula is C13H17NO. The lowest BCUT2D eigenvalue weighted by Crippen LogP contribution is -2.28. The minimum Gasteiger partial charge on any atom is -0.513 e. The lowest BCUT2D eigenvalue weighted by Gasteiger charge is -2.30. The smallest absolute Gasteiger partial charge is 0.103 e. The standard InChI is InChI=1S/C13H17NO/c15-11-13(12-7-3-1-4-8-12)14-9-5-2-6-10-14/h1,3-4,7-8,11,15H,2,5-6,9-10H2/b13-11+. The lowest BCUT2D eigenvalue weighted by molar-refractivity contribution is 0.317. The van der Waals surface area contributed by atoms with Gasteiger partial charge in [-0.15, -0.1) is 0 Å². The summed E-state index contributed by atoms with van der Waals surface area (Å²) in [5.41, 5.74) is 2.05. The van der Waals surface area contributed by atoms with Crippen LogP contribution in [0.2, 0.25) is 0 Å². The Balaban J connectivity index is 2.17. The molecule has 0 atom stereocenters. The number of aliphatic hydroxyl groups is 1. The summed E-state index contributed by atoms with van der Waals surface area (Å²) in [5.74, 6) is 0. The number of rotatable bonds is 2. The second-order valence-corrected chi connectivity index (χ2v) is 3.93. The van der Waals surface area contributed by atoms with Crippen LogP contribution in [0.4, 0.5) is 0 Å². The molecule has 1 N–H and O–H groups in total. The van der Waals surface area contributed by atoms with Crippen LogP contribution in [0.15, 0.2) is 36.6 Å². The molecule has 0 spiro atoms. The first kappa shape index (κ1) is 10.1. The Kier molecular flexibility index (Phi) is 3.28. The number of benzene rings is 1. The van der Waals surface area contributed by atoms with Gasteiger partial charge in [-0.1, -0.05) is 30.3 Å². The molecule has 15 heavy (non-hydrogen) atoms. The molecule has 1 fully saturated rings. The van der Waals surface area contributed by atoms with E-state index in [9.17, 15) is 5.11 Å². The largest absolute Gasteiger partial charge is 0.513 e. The predicted molar refractivity (Wildman–Crippen MR) is 62.5 cm³/mol. The van der Waals surface area contributed by atoms with Crippen molar-refractivity contribution >= 4 is 5.70 Å². The van der Waals surface area contributed by atoms with Crippen molar-refractivity contribution in [1.82, 2.24) is 4.90 Å². The van der Waals surface area contributed by atoms with Gasteiger partial charge in [-0.3, -0.25) is 0 Å². The molecule has 1 aromatic carbocycles. The van der Waals surface area contributed by atoms with E-state index in [1.54, 1.807) is 0 Å². The number of aliphatic hydroxyl groups excluding tert-OH is 1. The van der Waals surface area contributed by atoms with Gasteiger partial charge >= 0.3 is 0 Å². The average Bonchev–Trinajstić information content (AvgIpc) is 2.33. The highest BCUT2D eigenvalue weighted by Crippen LogP contribution is 2.22. The first-order valence-corrected chi connectivity index (χ1v) is 5.56. The number of likely N-dealkylation sites (tertiary alicyclic amines) is 1. The predicted octanol–water partition coefficient (Wildman–Crippen LogP) is 3.03. The monoisotopic (exact) mass is 203 g/mol. The second kappa shape index (κ2) is 4.87. The Labute approximate surface area is 90.8 Å². The van der Waals surface area contributed by atoms with E-state index >= 15 is 0 Å². The summed E-state index contributed by atoms with van der Waals surface area (Å²) in [6, 6.07) is 10.1. The third kappa shape index (κ3) is 2.32. The average molecular weight is 203 g/mol. The first-order valence-electron chi connectivity index (χ1n) is 5.56. The Bertz CT molecular complexity index is 326. The molecule has 0 amide bonds. The van der Waals surface area contributed by atoms with E-state index < -0.39 is 0 Å². The Morgan fingerprint density at radius 3 is 2.33 bits per heavy atom. The van der Waals surface area contributed by atoms with Crippen LogP contribution in [-0.2, 0) is 0 Å². The van der Waals surface area contributed by atoms with Crippen LogP contribution in [0.1, 0.15) is 24.8 Å². The van der Waals surface area contributed by atoms with Gasteiger partial charge in [0, 0.05) is 18.7 Å². The SMILES string of the molecule is O/C=C(\c1ccccc1)N1CCCCC1. The van der Waals surface area contributed by atoms with Gasteiger partial charge in [-0.2, -0.15) is 0 Å². The molecule has 0 bridgehead atoms. The van der Waals surface area contributed by atoms with Gasteiger partial charge in [-0.25, -0.2) is 0 Å². The van der Waals surface area contributed by atoms with Crippen molar-refractivity contribution in [1.29, 1.82) is 0 Å². The minimum atomic E-state index is 0.954. The number of hydrogen-bond acceptors (Lipinski definition) is 2. The highest BCUT2D eigenvalue weighted by molar-refractivity contribution is 5.62. The molecule has 2 rings (SSSR count). The summed E-state index contributed by atoms with van der Waals surface area (Å²) in [5, 5.41) is 9.33. The second-order valence-electron chi connectivity index (χ2n) is 3.93. The summed E-state index contributed by atoms with van der Waals surface area (Å²) >= 11 is 0. The van der Waals surface area contributed by atoms with Gasteiger partial charge in [0.05, 0.1) is 5.70 Å². The maximum absolute atomic E-state index is 9.33. The molecule has 1 aromatic rings. The lowest BCUT2D eigenvalue weighted by atomic mass is 10.1. The van der Waals surface area contributed by atoms with Crippen LogP contribution < -0.4 is 0 Å². The Hall–Kier alpha value is -1.44. The zero-order valence-corrected chi connectivity index (χ0v) is 8.89. The van der Waals surface area contributed by atoms with Gasteiger partial charge in [0.25, 0.3) is 0 Å². The quantitative estimate of drug-likeness (QED) is 0.747. The molecule has 0 aromatic heterocycles. The van der Waals surface area contributed by atoms with Crippen molar-refractivity contribution in [3.05, 3.63) is 42.2 Å². The molecule has 0 aliphatic carbocycles. The topological polar surface area (TPSA) is 23.5 Å². The van der Waals surface area contributed by atoms with Crippen LogP contribution in [0.3, 0.4) is 0 Å². The molecule has 2 heteroatoms. The molecule has 1 aliphatic rings. The summed E-state index contributed by atoms with van der Waals surface area (Å²) in [4.78, 5) is 2.26. The highest BCUT2D eigenvalue weighted by atomic mass is 16.2. The van der Waals surface area contributed by atoms with Gasteiger partial charge < -0.3 is 10.0 Å². The molecule has 0 unspecified atom stereocenters. The fourth-order valence-corrected chi connectivity index (χ4v) is 2.08. The number of hydrogen-bond donors (Lipinski definition) is 1. The fourth-order valence-electron chi connectivity index (χ4n) is 2.08. The van der Waals surface area contributed by atoms with Crippen LogP contribution in [0.5, 0.6) is 0 Å². The van der Waals surface area contributed by atoms with Crippen LogP contribution in [0, 0.1) is 0 Å². The Morgan fingerprint density at radius 1 is 1.07 bits per heavy atom. The molecule has 0 radical (unpaired) electrons. The molecular weight excluding hydrogens is 186 g/mol. The number of nitrogens with zero attached hydrogens (tertiary/aromatic N) is 1. The van der Waals surface area contributed by atoms with E-state index in [2.05, 4.69) is 4.90 Å². The fraction of sp³-hybridized carbons (Fsp3) is 0.385. The van der Waals surface area contributed by atoms with E-state index in [-0.39, 0.29) is 0 Å². The van der Waals surface area contributed by atoms with Crippen molar-refractivity contribution < 1.29 is 5.11 Å². The molecule has 1 heterocycles. The van der Waals surface area contributed by atoms with Crippen LogP contribution in [-0.4, -0.2) is 23.1 Å². The molecule has 1 saturated heterocycles. The summed E-state index contributed by atoms with van der Waals surface area (Å²) in [7, 11) is 0. The molecule has 0 saturated carbocycles. The van der Waals surface area contributed by atoms with Crippen LogP contribution >= 0.6 is 0 Å². The molecule has 1 aliphatic heterocycles. The van der Waals surface area contributed by atoms with Gasteiger partial charge in [0.15, 0.2) is 0 Å². The van der Waals surface area contributed by atoms with Crippen molar-refractivity contribution in [2.75, 3.05) is 13.1 Å². The summed E-state index contributed by atoms with van der Waals surface area (Å²) < 4.78 is 0. The summed E-state index contributed by atoms with van der Waals surface area (Å²) in [6.45, 7) is 2.11. The first-order chi connectivity index (χ1) is 7.42. The van der Waals surface area contributed by atoms with E-state index in [0.29, 0.717) is 0 Å². The van der Waals surface area contributed by atoms with Crippen molar-refractivity contribution in [3.8, 4) is 0 Å². The third-order valence-electron chi connectivity index (χ3n) is 2.89. The number of piperidine rings is 1. The van der Waals surface area contributed by atoms with E-state index in [1.165, 1.54) is 25.5 Å². The molecule has 80 valence electrons. The maximum atomic E-state index is 9.33. The maximum Gasteiger partial charge on any atom is 0.103 e. The Morgan fingerprint density at radius 2 is 1.73 bits per heavy atom. The van der Waals surface area contributed by atoms with Crippen molar-refractivity contribution in [3.63, 3.8) is 0 Å². The van der Waals surface area contributed by atoms with E-state index in [0.717, 1.165) is 24.4 Å².